The number of amides is 1. The molecule has 6 rings (SSSR count). The van der Waals surface area contributed by atoms with Crippen LogP contribution in [-0.2, 0) is 29.8 Å². The molecule has 65 heavy (non-hydrogen) atoms. The van der Waals surface area contributed by atoms with Crippen molar-refractivity contribution >= 4 is 48.8 Å². The molecule has 7 N–H and O–H groups in total. The molecule has 352 valence electrons. The molecule has 1 amide bonds. The van der Waals surface area contributed by atoms with Crippen molar-refractivity contribution in [2.45, 2.75) is 133 Å². The molecular formula is C47H61N4O12S2+. The summed E-state index contributed by atoms with van der Waals surface area (Å²) < 4.78 is 79.1. The first-order chi connectivity index (χ1) is 30.5. The Kier molecular flexibility index (Phi) is 14.8. The number of carbonyl (C=O) groups is 2. The summed E-state index contributed by atoms with van der Waals surface area (Å²) in [6, 6.07) is 13.4. The van der Waals surface area contributed by atoms with Gasteiger partial charge in [0.1, 0.15) is 22.8 Å². The van der Waals surface area contributed by atoms with E-state index in [1.54, 1.807) is 0 Å². The lowest BCUT2D eigenvalue weighted by molar-refractivity contribution is -0.501. The van der Waals surface area contributed by atoms with E-state index in [0.29, 0.717) is 83.7 Å². The number of anilines is 1. The van der Waals surface area contributed by atoms with Gasteiger partial charge in [0.25, 0.3) is 20.2 Å². The highest BCUT2D eigenvalue weighted by atomic mass is 32.2. The van der Waals surface area contributed by atoms with Gasteiger partial charge in [-0.2, -0.15) is 16.8 Å². The topological polar surface area (TPSA) is 254 Å². The minimum absolute atomic E-state index is 0.00740. The van der Waals surface area contributed by atoms with Crippen LogP contribution in [0.25, 0.3) is 33.4 Å². The highest BCUT2D eigenvalue weighted by molar-refractivity contribution is 7.86. The monoisotopic (exact) mass is 937 g/mol. The van der Waals surface area contributed by atoms with Gasteiger partial charge in [0.2, 0.25) is 23.0 Å². The molecule has 0 saturated carbocycles. The van der Waals surface area contributed by atoms with E-state index in [1.807, 2.05) is 24.3 Å². The Balaban J connectivity index is 1.51. The average Bonchev–Trinajstić information content (AvgIpc) is 3.52. The molecule has 3 aliphatic rings. The largest absolute Gasteiger partial charge is 0.492 e. The zero-order chi connectivity index (χ0) is 47.6. The van der Waals surface area contributed by atoms with Gasteiger partial charge in [-0.3, -0.25) is 13.9 Å². The molecule has 2 unspecified atom stereocenters. The van der Waals surface area contributed by atoms with Crippen LogP contribution in [0.5, 0.6) is 11.8 Å². The minimum Gasteiger partial charge on any atom is -0.492 e. The van der Waals surface area contributed by atoms with Gasteiger partial charge < -0.3 is 30.1 Å². The van der Waals surface area contributed by atoms with Crippen molar-refractivity contribution in [1.82, 2.24) is 4.73 Å². The fraction of sp³-hybridized carbons (Fsp3) is 0.468. The highest BCUT2D eigenvalue weighted by Crippen LogP contribution is 2.50. The lowest BCUT2D eigenvalue weighted by atomic mass is 9.78. The molecule has 2 atom stereocenters. The van der Waals surface area contributed by atoms with Crippen LogP contribution < -0.4 is 25.8 Å². The first-order valence-electron chi connectivity index (χ1n) is 22.1. The number of fused-ring (bicyclic) bond motifs is 3. The Morgan fingerprint density at radius 1 is 0.877 bits per heavy atom. The maximum atomic E-state index is 13.2. The smallest absolute Gasteiger partial charge is 0.333 e. The predicted octanol–water partition coefficient (Wildman–Crippen LogP) is 6.40. The summed E-state index contributed by atoms with van der Waals surface area (Å²) in [6.45, 7) is 14.0. The zero-order valence-electron chi connectivity index (χ0n) is 37.8. The number of aromatic nitrogens is 1. The summed E-state index contributed by atoms with van der Waals surface area (Å²) in [5.41, 5.74) is 9.32. The van der Waals surface area contributed by atoms with Crippen LogP contribution in [0.4, 0.5) is 5.69 Å². The minimum atomic E-state index is -5.08. The van der Waals surface area contributed by atoms with Gasteiger partial charge in [0.15, 0.2) is 0 Å². The number of aromatic hydroxyl groups is 2. The molecule has 0 fully saturated rings. The standard InChI is InChI=1S/C47H60N4O12S2/c1-28(2)21-29(3)33-23-35-39(25-37(33)49-19-11-7-10-14-45(55)63-51-43(53)17-18-44(51)54)62-40-26-38-34(30(4)27-47(5,6)50(38)20-12-8-9-13-42(48)52)24-36(40)46(35)32-16-15-31(64(56,57)58)22-41(32)65(59,60)61/h15-18,22-26,28-30,53-54H,7-14,19-21,27H2,1-6H3,(H2,48,52)(H,56,57,58)(H,59,60,61)/p+1. The number of nitrogens with two attached hydrogens (primary N) is 1. The molecule has 0 radical (unpaired) electrons. The van der Waals surface area contributed by atoms with E-state index < -0.39 is 47.8 Å². The number of benzene rings is 3. The molecule has 2 aromatic carbocycles. The van der Waals surface area contributed by atoms with Gasteiger partial charge in [0.05, 0.1) is 11.0 Å². The van der Waals surface area contributed by atoms with Crippen molar-refractivity contribution in [1.29, 1.82) is 0 Å². The molecule has 3 aromatic rings. The summed E-state index contributed by atoms with van der Waals surface area (Å²) in [4.78, 5) is 33.4. The second-order valence-electron chi connectivity index (χ2n) is 18.3. The van der Waals surface area contributed by atoms with Gasteiger partial charge >= 0.3 is 5.97 Å². The van der Waals surface area contributed by atoms with Crippen molar-refractivity contribution in [2.75, 3.05) is 18.0 Å². The van der Waals surface area contributed by atoms with Crippen LogP contribution in [0.1, 0.15) is 129 Å². The van der Waals surface area contributed by atoms with Crippen LogP contribution >= 0.6 is 0 Å². The zero-order valence-corrected chi connectivity index (χ0v) is 39.4. The molecule has 0 bridgehead atoms. The second kappa shape index (κ2) is 19.6. The normalized spacial score (nSPS) is 16.0. The van der Waals surface area contributed by atoms with E-state index in [9.17, 15) is 45.7 Å². The molecule has 18 heteroatoms. The van der Waals surface area contributed by atoms with E-state index in [0.717, 1.165) is 60.0 Å². The van der Waals surface area contributed by atoms with Gasteiger partial charge in [0, 0.05) is 82.9 Å². The van der Waals surface area contributed by atoms with Crippen LogP contribution in [0.15, 0.2) is 68.8 Å². The third-order valence-corrected chi connectivity index (χ3v) is 14.0. The van der Waals surface area contributed by atoms with E-state index in [2.05, 4.69) is 51.4 Å². The summed E-state index contributed by atoms with van der Waals surface area (Å²) >= 11 is 0. The van der Waals surface area contributed by atoms with Crippen LogP contribution in [-0.4, -0.2) is 71.4 Å². The van der Waals surface area contributed by atoms with Crippen LogP contribution in [0, 0.1) is 5.92 Å². The summed E-state index contributed by atoms with van der Waals surface area (Å²) in [7, 11) is -9.94. The predicted molar refractivity (Wildman–Crippen MR) is 245 cm³/mol. The summed E-state index contributed by atoms with van der Waals surface area (Å²) in [5, 5.41) is 20.9. The summed E-state index contributed by atoms with van der Waals surface area (Å²) in [6.07, 6.45) is 6.05. The first-order valence-corrected chi connectivity index (χ1v) is 25.0. The van der Waals surface area contributed by atoms with E-state index in [-0.39, 0.29) is 35.3 Å². The number of nitrogens with one attached hydrogen (secondary N) is 1. The number of primary amides is 1. The fourth-order valence-electron chi connectivity index (χ4n) is 9.30. The molecule has 2 aliphatic heterocycles. The van der Waals surface area contributed by atoms with Crippen molar-refractivity contribution in [2.24, 2.45) is 11.7 Å². The molecule has 3 heterocycles. The number of hydrogen-bond acceptors (Lipinski definition) is 11. The van der Waals surface area contributed by atoms with Crippen molar-refractivity contribution in [3.05, 3.63) is 71.1 Å². The molecule has 0 spiro atoms. The quantitative estimate of drug-likeness (QED) is 0.0298. The Hall–Kier alpha value is -5.43. The SMILES string of the molecule is CC(C)CC(C)c1cc2c(-c3ccc(S(=O)(=O)O)cc3S(=O)(=O)O)c3cc4c(cc3oc-2cc1=[NH+]CCCCCC(=O)On1c(O)ccc1O)N(CCCCCC(N)=O)C(C)(C)CC4C. The van der Waals surface area contributed by atoms with E-state index in [1.165, 1.54) is 18.2 Å². The molecule has 1 aromatic heterocycles. The molecule has 0 saturated heterocycles. The number of carbonyl (C=O) groups excluding carboxylic acids is 2. The Bertz CT molecular complexity index is 2830. The molecular weight excluding hydrogens is 877 g/mol. The van der Waals surface area contributed by atoms with Gasteiger partial charge in [-0.15, -0.1) is 4.73 Å². The average molecular weight is 938 g/mol. The Labute approximate surface area is 379 Å². The number of nitrogens with zero attached hydrogens (tertiary/aromatic N) is 2. The second-order valence-corrected chi connectivity index (χ2v) is 21.2. The van der Waals surface area contributed by atoms with Gasteiger partial charge in [-0.1, -0.05) is 40.2 Å². The lowest BCUT2D eigenvalue weighted by Gasteiger charge is -2.48. The maximum Gasteiger partial charge on any atom is 0.333 e. The first kappa shape index (κ1) is 49.0. The molecule has 16 nitrogen and oxygen atoms in total. The third-order valence-electron chi connectivity index (χ3n) is 12.2. The third kappa shape index (κ3) is 11.3. The van der Waals surface area contributed by atoms with Crippen molar-refractivity contribution in [3.63, 3.8) is 0 Å². The lowest BCUT2D eigenvalue weighted by Crippen LogP contribution is -2.77. The van der Waals surface area contributed by atoms with Gasteiger partial charge in [-0.05, 0) is 100.0 Å². The highest BCUT2D eigenvalue weighted by Gasteiger charge is 2.37. The number of unbranched alkanes of at least 4 members (excludes halogenated alkanes) is 4. The number of hydrogen-bond donors (Lipinski definition) is 6. The van der Waals surface area contributed by atoms with Crippen LogP contribution in [0.2, 0.25) is 0 Å². The van der Waals surface area contributed by atoms with E-state index >= 15 is 0 Å². The Morgan fingerprint density at radius 2 is 1.55 bits per heavy atom. The maximum absolute atomic E-state index is 13.2. The molecule has 1 aliphatic carbocycles. The van der Waals surface area contributed by atoms with E-state index in [4.69, 9.17) is 15.0 Å². The van der Waals surface area contributed by atoms with Gasteiger partial charge in [-0.25, -0.2) is 9.79 Å². The van der Waals surface area contributed by atoms with Crippen LogP contribution in [0.3, 0.4) is 0 Å². The number of rotatable bonds is 19. The summed E-state index contributed by atoms with van der Waals surface area (Å²) in [5.74, 6) is -1.00. The van der Waals surface area contributed by atoms with Crippen molar-refractivity contribution in [3.8, 4) is 34.2 Å². The Morgan fingerprint density at radius 3 is 2.20 bits per heavy atom. The fourth-order valence-corrected chi connectivity index (χ4v) is 10.6. The van der Waals surface area contributed by atoms with Crippen molar-refractivity contribution < 1.29 is 60.0 Å².